The molecule has 0 aliphatic rings. The van der Waals surface area contributed by atoms with Crippen LogP contribution in [0.3, 0.4) is 0 Å². The number of hydrogen-bond donors (Lipinski definition) is 1. The first kappa shape index (κ1) is 12.9. The first-order valence-corrected chi connectivity index (χ1v) is 7.83. The van der Waals surface area contributed by atoms with E-state index in [1.54, 1.807) is 11.3 Å². The molecule has 0 radical (unpaired) electrons. The van der Waals surface area contributed by atoms with Crippen molar-refractivity contribution in [2.45, 2.75) is 0 Å². The van der Waals surface area contributed by atoms with Crippen LogP contribution >= 0.6 is 43.2 Å². The van der Waals surface area contributed by atoms with Gasteiger partial charge in [-0.15, -0.1) is 11.3 Å². The number of nitrogen functional groups attached to an aromatic ring is 1. The van der Waals surface area contributed by atoms with Crippen LogP contribution in [0.25, 0.3) is 21.8 Å². The van der Waals surface area contributed by atoms with Crippen molar-refractivity contribution in [2.75, 3.05) is 5.73 Å². The average molecular weight is 400 g/mol. The largest absolute Gasteiger partial charge is 0.380 e. The summed E-state index contributed by atoms with van der Waals surface area (Å²) in [6.45, 7) is 0. The van der Waals surface area contributed by atoms with Crippen LogP contribution in [0.15, 0.2) is 49.2 Å². The van der Waals surface area contributed by atoms with E-state index in [4.69, 9.17) is 10.3 Å². The van der Waals surface area contributed by atoms with Gasteiger partial charge in [-0.05, 0) is 34.1 Å². The summed E-state index contributed by atoms with van der Waals surface area (Å²) in [5, 5.41) is 3.89. The number of thiophene rings is 1. The van der Waals surface area contributed by atoms with Crippen molar-refractivity contribution in [1.82, 2.24) is 5.16 Å². The molecule has 6 heteroatoms. The number of hydrogen-bond acceptors (Lipinski definition) is 4. The molecule has 3 nitrogen and oxygen atoms in total. The Balaban J connectivity index is 2.22. The molecule has 0 atom stereocenters. The molecule has 3 aromatic rings. The zero-order valence-corrected chi connectivity index (χ0v) is 13.5. The molecule has 2 aromatic heterocycles. The third-order valence-electron chi connectivity index (χ3n) is 2.66. The molecule has 0 aliphatic carbocycles. The second-order valence-corrected chi connectivity index (χ2v) is 7.17. The van der Waals surface area contributed by atoms with Gasteiger partial charge in [0.2, 0.25) is 0 Å². The lowest BCUT2D eigenvalue weighted by Crippen LogP contribution is -1.89. The number of rotatable bonds is 2. The molecule has 0 amide bonds. The van der Waals surface area contributed by atoms with Crippen molar-refractivity contribution < 1.29 is 4.52 Å². The molecule has 1 aromatic carbocycles. The van der Waals surface area contributed by atoms with E-state index in [0.717, 1.165) is 24.3 Å². The maximum absolute atomic E-state index is 5.95. The number of halogens is 2. The maximum Gasteiger partial charge on any atom is 0.186 e. The lowest BCUT2D eigenvalue weighted by atomic mass is 10.1. The van der Waals surface area contributed by atoms with Crippen molar-refractivity contribution >= 4 is 49.0 Å². The van der Waals surface area contributed by atoms with E-state index in [1.165, 1.54) is 0 Å². The molecule has 19 heavy (non-hydrogen) atoms. The zero-order chi connectivity index (χ0) is 13.4. The lowest BCUT2D eigenvalue weighted by molar-refractivity contribution is 0.437. The smallest absolute Gasteiger partial charge is 0.186 e. The fraction of sp³-hybridized carbons (Fsp3) is 0. The van der Waals surface area contributed by atoms with Crippen LogP contribution < -0.4 is 5.73 Å². The Bertz CT molecular complexity index is 736. The van der Waals surface area contributed by atoms with Crippen LogP contribution in [0.5, 0.6) is 0 Å². The van der Waals surface area contributed by atoms with E-state index in [9.17, 15) is 0 Å². The van der Waals surface area contributed by atoms with Gasteiger partial charge in [0, 0.05) is 10.0 Å². The number of benzene rings is 1. The summed E-state index contributed by atoms with van der Waals surface area (Å²) < 4.78 is 7.40. The van der Waals surface area contributed by atoms with E-state index in [-0.39, 0.29) is 0 Å². The minimum absolute atomic E-state index is 0.395. The molecule has 2 N–H and O–H groups in total. The standard InChI is InChI=1S/C13H8Br2N2OS/c14-8-4-2-1-3-7(8)11-12(18-17-13(11)16)9-5-6-10(15)19-9/h1-6H,(H2,16,17). The van der Waals surface area contributed by atoms with Gasteiger partial charge in [-0.2, -0.15) is 0 Å². The van der Waals surface area contributed by atoms with Crippen molar-refractivity contribution in [2.24, 2.45) is 0 Å². The molecule has 96 valence electrons. The van der Waals surface area contributed by atoms with Crippen LogP contribution in [0.1, 0.15) is 0 Å². The highest BCUT2D eigenvalue weighted by molar-refractivity contribution is 9.11. The van der Waals surface area contributed by atoms with Crippen LogP contribution in [-0.2, 0) is 0 Å². The number of nitrogens with zero attached hydrogens (tertiary/aromatic N) is 1. The molecule has 0 bridgehead atoms. The summed E-state index contributed by atoms with van der Waals surface area (Å²) in [4.78, 5) is 0.988. The van der Waals surface area contributed by atoms with Crippen LogP contribution in [0.2, 0.25) is 0 Å². The van der Waals surface area contributed by atoms with Crippen molar-refractivity contribution in [3.8, 4) is 21.8 Å². The van der Waals surface area contributed by atoms with Gasteiger partial charge in [-0.3, -0.25) is 0 Å². The Morgan fingerprint density at radius 3 is 2.58 bits per heavy atom. The summed E-state index contributed by atoms with van der Waals surface area (Å²) in [6.07, 6.45) is 0. The highest BCUT2D eigenvalue weighted by Gasteiger charge is 2.20. The van der Waals surface area contributed by atoms with Gasteiger partial charge < -0.3 is 10.3 Å². The second kappa shape index (κ2) is 5.11. The number of aromatic nitrogens is 1. The monoisotopic (exact) mass is 398 g/mol. The molecule has 0 spiro atoms. The van der Waals surface area contributed by atoms with E-state index < -0.39 is 0 Å². The van der Waals surface area contributed by atoms with Gasteiger partial charge in [-0.1, -0.05) is 39.3 Å². The SMILES string of the molecule is Nc1noc(-c2ccc(Br)s2)c1-c1ccccc1Br. The molecule has 0 saturated carbocycles. The molecule has 3 rings (SSSR count). The average Bonchev–Trinajstić information content (AvgIpc) is 2.96. The van der Waals surface area contributed by atoms with Crippen LogP contribution in [0, 0.1) is 0 Å². The summed E-state index contributed by atoms with van der Waals surface area (Å²) in [6, 6.07) is 11.8. The fourth-order valence-corrected chi connectivity index (χ4v) is 3.68. The second-order valence-electron chi connectivity index (χ2n) is 3.86. The Kier molecular flexibility index (Phi) is 3.47. The van der Waals surface area contributed by atoms with Crippen molar-refractivity contribution in [3.05, 3.63) is 44.7 Å². The molecule has 0 aliphatic heterocycles. The molecular weight excluding hydrogens is 392 g/mol. The summed E-state index contributed by atoms with van der Waals surface area (Å²) in [5.41, 5.74) is 7.75. The van der Waals surface area contributed by atoms with Gasteiger partial charge in [0.1, 0.15) is 0 Å². The van der Waals surface area contributed by atoms with Crippen LogP contribution in [0.4, 0.5) is 5.82 Å². The Morgan fingerprint density at radius 1 is 1.11 bits per heavy atom. The van der Waals surface area contributed by atoms with Gasteiger partial charge in [0.25, 0.3) is 0 Å². The number of anilines is 1. The van der Waals surface area contributed by atoms with E-state index in [2.05, 4.69) is 37.0 Å². The summed E-state index contributed by atoms with van der Waals surface area (Å²) >= 11 is 8.56. The van der Waals surface area contributed by atoms with Gasteiger partial charge in [0.05, 0.1) is 14.2 Å². The lowest BCUT2D eigenvalue weighted by Gasteiger charge is -2.03. The van der Waals surface area contributed by atoms with Crippen molar-refractivity contribution in [1.29, 1.82) is 0 Å². The summed E-state index contributed by atoms with van der Waals surface area (Å²) in [7, 11) is 0. The number of nitrogens with two attached hydrogens (primary N) is 1. The minimum atomic E-state index is 0.395. The highest BCUT2D eigenvalue weighted by atomic mass is 79.9. The third kappa shape index (κ3) is 2.35. The Morgan fingerprint density at radius 2 is 1.89 bits per heavy atom. The van der Waals surface area contributed by atoms with Crippen LogP contribution in [-0.4, -0.2) is 5.16 Å². The van der Waals surface area contributed by atoms with Crippen molar-refractivity contribution in [3.63, 3.8) is 0 Å². The predicted molar refractivity (Wildman–Crippen MR) is 85.1 cm³/mol. The maximum atomic E-state index is 5.95. The zero-order valence-electron chi connectivity index (χ0n) is 9.56. The predicted octanol–water partition coefficient (Wildman–Crippen LogP) is 5.18. The Labute approximate surface area is 130 Å². The molecular formula is C13H8Br2N2OS. The van der Waals surface area contributed by atoms with Gasteiger partial charge in [-0.25, -0.2) is 0 Å². The molecule has 0 fully saturated rings. The summed E-state index contributed by atoms with van der Waals surface area (Å²) in [5.74, 6) is 1.09. The minimum Gasteiger partial charge on any atom is -0.380 e. The van der Waals surface area contributed by atoms with Gasteiger partial charge in [0.15, 0.2) is 11.6 Å². The molecule has 0 saturated heterocycles. The normalized spacial score (nSPS) is 10.8. The van der Waals surface area contributed by atoms with E-state index >= 15 is 0 Å². The topological polar surface area (TPSA) is 52.0 Å². The van der Waals surface area contributed by atoms with E-state index in [1.807, 2.05) is 36.4 Å². The third-order valence-corrected chi connectivity index (χ3v) is 4.97. The molecule has 0 unspecified atom stereocenters. The first-order chi connectivity index (χ1) is 9.16. The first-order valence-electron chi connectivity index (χ1n) is 5.42. The quantitative estimate of drug-likeness (QED) is 0.645. The fourth-order valence-electron chi connectivity index (χ4n) is 1.83. The highest BCUT2D eigenvalue weighted by Crippen LogP contribution is 2.42. The Hall–Kier alpha value is -1.11. The molecule has 2 heterocycles. The van der Waals surface area contributed by atoms with E-state index in [0.29, 0.717) is 11.6 Å². The van der Waals surface area contributed by atoms with Gasteiger partial charge >= 0.3 is 0 Å².